The number of ether oxygens (including phenoxy) is 1. The van der Waals surface area contributed by atoms with Crippen molar-refractivity contribution in [2.24, 2.45) is 4.99 Å². The summed E-state index contributed by atoms with van der Waals surface area (Å²) in [6.07, 6.45) is 2.97. The van der Waals surface area contributed by atoms with Crippen LogP contribution in [0, 0.1) is 0 Å². The van der Waals surface area contributed by atoms with Crippen LogP contribution >= 0.6 is 0 Å². The Kier molecular flexibility index (Phi) is 8.72. The number of amides is 1. The van der Waals surface area contributed by atoms with Gasteiger partial charge in [0.25, 0.3) is 5.91 Å². The van der Waals surface area contributed by atoms with Gasteiger partial charge in [0.1, 0.15) is 5.75 Å². The Hall–Kier alpha value is -3.06. The van der Waals surface area contributed by atoms with Crippen LogP contribution in [0.2, 0.25) is 0 Å². The maximum atomic E-state index is 11.7. The van der Waals surface area contributed by atoms with Gasteiger partial charge in [-0.25, -0.2) is 0 Å². The highest BCUT2D eigenvalue weighted by molar-refractivity contribution is 5.79. The standard InChI is InChI=1S/C24H32N4O3/c1-25-24(27-15-20(16-29)19-5-3-2-4-6-19)26-14-13-18-7-11-22(12-8-18)31-17-23(30)28-21-9-10-21/h2-8,11-12,20-21,29H,9-10,13-17H2,1H3,(H,28,30)(H2,25,26,27). The summed E-state index contributed by atoms with van der Waals surface area (Å²) >= 11 is 0. The second-order valence-electron chi connectivity index (χ2n) is 7.69. The van der Waals surface area contributed by atoms with Gasteiger partial charge in [0.2, 0.25) is 0 Å². The second kappa shape index (κ2) is 12.0. The highest BCUT2D eigenvalue weighted by Gasteiger charge is 2.23. The lowest BCUT2D eigenvalue weighted by molar-refractivity contribution is -0.123. The van der Waals surface area contributed by atoms with Crippen LogP contribution in [0.15, 0.2) is 59.6 Å². The molecule has 7 heteroatoms. The molecule has 1 saturated carbocycles. The van der Waals surface area contributed by atoms with Crippen molar-refractivity contribution in [2.45, 2.75) is 31.2 Å². The molecule has 4 N–H and O–H groups in total. The van der Waals surface area contributed by atoms with Crippen molar-refractivity contribution in [3.63, 3.8) is 0 Å². The SMILES string of the molecule is CN=C(NCCc1ccc(OCC(=O)NC2CC2)cc1)NCC(CO)c1ccccc1. The molecule has 1 aliphatic rings. The molecule has 3 rings (SSSR count). The topological polar surface area (TPSA) is 95.0 Å². The molecule has 0 aromatic heterocycles. The smallest absolute Gasteiger partial charge is 0.258 e. The molecule has 1 aliphatic carbocycles. The number of hydrogen-bond acceptors (Lipinski definition) is 4. The summed E-state index contributed by atoms with van der Waals surface area (Å²) in [7, 11) is 1.73. The summed E-state index contributed by atoms with van der Waals surface area (Å²) in [6, 6.07) is 18.1. The van der Waals surface area contributed by atoms with Crippen molar-refractivity contribution in [2.75, 3.05) is 33.4 Å². The second-order valence-corrected chi connectivity index (χ2v) is 7.69. The maximum absolute atomic E-state index is 11.7. The fourth-order valence-corrected chi connectivity index (χ4v) is 3.18. The number of nitrogens with one attached hydrogen (secondary N) is 3. The highest BCUT2D eigenvalue weighted by Crippen LogP contribution is 2.18. The third-order valence-electron chi connectivity index (χ3n) is 5.17. The van der Waals surface area contributed by atoms with Crippen molar-refractivity contribution >= 4 is 11.9 Å². The predicted molar refractivity (Wildman–Crippen MR) is 122 cm³/mol. The van der Waals surface area contributed by atoms with Crippen LogP contribution in [-0.2, 0) is 11.2 Å². The zero-order valence-electron chi connectivity index (χ0n) is 18.0. The van der Waals surface area contributed by atoms with E-state index >= 15 is 0 Å². The van der Waals surface area contributed by atoms with Gasteiger partial charge in [-0.2, -0.15) is 0 Å². The number of benzene rings is 2. The largest absolute Gasteiger partial charge is 0.484 e. The van der Waals surface area contributed by atoms with Crippen LogP contribution in [-0.4, -0.2) is 56.4 Å². The quantitative estimate of drug-likeness (QED) is 0.326. The number of aliphatic hydroxyl groups is 1. The maximum Gasteiger partial charge on any atom is 0.258 e. The first-order valence-electron chi connectivity index (χ1n) is 10.8. The first kappa shape index (κ1) is 22.6. The van der Waals surface area contributed by atoms with E-state index < -0.39 is 0 Å². The van der Waals surface area contributed by atoms with Crippen molar-refractivity contribution in [1.82, 2.24) is 16.0 Å². The van der Waals surface area contributed by atoms with Crippen LogP contribution in [0.5, 0.6) is 5.75 Å². The average Bonchev–Trinajstić information content (AvgIpc) is 3.62. The number of aliphatic imine (C=N–C) groups is 1. The van der Waals surface area contributed by atoms with Gasteiger partial charge in [0, 0.05) is 32.1 Å². The Balaban J connectivity index is 1.36. The molecule has 2 aromatic rings. The number of guanidine groups is 1. The molecule has 1 fully saturated rings. The Bertz CT molecular complexity index is 836. The van der Waals surface area contributed by atoms with Crippen LogP contribution in [0.3, 0.4) is 0 Å². The summed E-state index contributed by atoms with van der Waals surface area (Å²) < 4.78 is 5.54. The molecule has 31 heavy (non-hydrogen) atoms. The van der Waals surface area contributed by atoms with E-state index in [1.807, 2.05) is 54.6 Å². The van der Waals surface area contributed by atoms with Crippen LogP contribution < -0.4 is 20.7 Å². The molecule has 0 aliphatic heterocycles. The van der Waals surface area contributed by atoms with E-state index in [1.165, 1.54) is 0 Å². The van der Waals surface area contributed by atoms with Crippen molar-refractivity contribution in [3.8, 4) is 5.75 Å². The summed E-state index contributed by atoms with van der Waals surface area (Å²) in [5.41, 5.74) is 2.26. The molecule has 7 nitrogen and oxygen atoms in total. The fraction of sp³-hybridized carbons (Fsp3) is 0.417. The van der Waals surface area contributed by atoms with Crippen LogP contribution in [0.1, 0.15) is 29.9 Å². The van der Waals surface area contributed by atoms with Gasteiger partial charge in [0.05, 0.1) is 6.61 Å². The van der Waals surface area contributed by atoms with Crippen LogP contribution in [0.25, 0.3) is 0 Å². The number of carbonyl (C=O) groups is 1. The molecule has 2 aromatic carbocycles. The molecular formula is C24H32N4O3. The minimum absolute atomic E-state index is 0.0126. The van der Waals surface area contributed by atoms with E-state index in [-0.39, 0.29) is 25.0 Å². The Morgan fingerprint density at radius 3 is 2.52 bits per heavy atom. The third-order valence-corrected chi connectivity index (χ3v) is 5.17. The lowest BCUT2D eigenvalue weighted by atomic mass is 10.0. The van der Waals surface area contributed by atoms with E-state index in [9.17, 15) is 9.90 Å². The summed E-state index contributed by atoms with van der Waals surface area (Å²) in [5.74, 6) is 1.34. The Morgan fingerprint density at radius 2 is 1.87 bits per heavy atom. The van der Waals surface area contributed by atoms with Gasteiger partial charge in [-0.15, -0.1) is 0 Å². The van der Waals surface area contributed by atoms with Gasteiger partial charge < -0.3 is 25.8 Å². The summed E-state index contributed by atoms with van der Waals surface area (Å²) in [4.78, 5) is 15.9. The zero-order valence-corrected chi connectivity index (χ0v) is 18.0. The molecule has 0 saturated heterocycles. The molecule has 0 spiro atoms. The first-order chi connectivity index (χ1) is 15.2. The fourth-order valence-electron chi connectivity index (χ4n) is 3.18. The Labute approximate surface area is 183 Å². The van der Waals surface area contributed by atoms with E-state index in [2.05, 4.69) is 20.9 Å². The van der Waals surface area contributed by atoms with E-state index in [4.69, 9.17) is 4.74 Å². The summed E-state index contributed by atoms with van der Waals surface area (Å²) in [6.45, 7) is 1.45. The zero-order chi connectivity index (χ0) is 21.9. The van der Waals surface area contributed by atoms with E-state index in [0.717, 1.165) is 36.9 Å². The number of nitrogens with zero attached hydrogens (tertiary/aromatic N) is 1. The Morgan fingerprint density at radius 1 is 1.13 bits per heavy atom. The number of carbonyl (C=O) groups excluding carboxylic acids is 1. The molecule has 0 radical (unpaired) electrons. The normalized spacial score (nSPS) is 14.6. The van der Waals surface area contributed by atoms with E-state index in [1.54, 1.807) is 7.05 Å². The summed E-state index contributed by atoms with van der Waals surface area (Å²) in [5, 5.41) is 19.2. The number of hydrogen-bond donors (Lipinski definition) is 4. The van der Waals surface area contributed by atoms with Gasteiger partial charge >= 0.3 is 0 Å². The first-order valence-corrected chi connectivity index (χ1v) is 10.8. The molecule has 0 bridgehead atoms. The molecule has 166 valence electrons. The highest BCUT2D eigenvalue weighted by atomic mass is 16.5. The molecular weight excluding hydrogens is 392 g/mol. The lowest BCUT2D eigenvalue weighted by Crippen LogP contribution is -2.40. The number of aliphatic hydroxyl groups excluding tert-OH is 1. The van der Waals surface area contributed by atoms with Gasteiger partial charge in [0.15, 0.2) is 12.6 Å². The third kappa shape index (κ3) is 7.94. The molecule has 0 heterocycles. The average molecular weight is 425 g/mol. The minimum atomic E-state index is -0.0645. The van der Waals surface area contributed by atoms with Crippen LogP contribution in [0.4, 0.5) is 0 Å². The van der Waals surface area contributed by atoms with Gasteiger partial charge in [-0.3, -0.25) is 9.79 Å². The molecule has 1 atom stereocenters. The van der Waals surface area contributed by atoms with E-state index in [0.29, 0.717) is 24.3 Å². The van der Waals surface area contributed by atoms with Gasteiger partial charge in [-0.05, 0) is 42.5 Å². The van der Waals surface area contributed by atoms with Crippen molar-refractivity contribution < 1.29 is 14.6 Å². The monoisotopic (exact) mass is 424 g/mol. The molecule has 1 amide bonds. The predicted octanol–water partition coefficient (Wildman–Crippen LogP) is 1.83. The minimum Gasteiger partial charge on any atom is -0.484 e. The van der Waals surface area contributed by atoms with Gasteiger partial charge in [-0.1, -0.05) is 42.5 Å². The lowest BCUT2D eigenvalue weighted by Gasteiger charge is -2.18. The van der Waals surface area contributed by atoms with Crippen molar-refractivity contribution in [1.29, 1.82) is 0 Å². The molecule has 1 unspecified atom stereocenters. The van der Waals surface area contributed by atoms with Crippen molar-refractivity contribution in [3.05, 3.63) is 65.7 Å². The number of rotatable bonds is 11.